The van der Waals surface area contributed by atoms with Gasteiger partial charge in [-0.1, -0.05) is 23.7 Å². The Morgan fingerprint density at radius 2 is 1.97 bits per heavy atom. The molecule has 1 saturated heterocycles. The Bertz CT molecular complexity index is 928. The summed E-state index contributed by atoms with van der Waals surface area (Å²) < 4.78 is 16.7. The van der Waals surface area contributed by atoms with Gasteiger partial charge < -0.3 is 24.8 Å². The van der Waals surface area contributed by atoms with E-state index in [1.54, 1.807) is 7.11 Å². The Kier molecular flexibility index (Phi) is 6.88. The lowest BCUT2D eigenvalue weighted by Crippen LogP contribution is -2.47. The molecule has 4 rings (SSSR count). The highest BCUT2D eigenvalue weighted by Crippen LogP contribution is 2.40. The Morgan fingerprint density at radius 1 is 1.13 bits per heavy atom. The van der Waals surface area contributed by atoms with E-state index in [9.17, 15) is 4.79 Å². The van der Waals surface area contributed by atoms with Gasteiger partial charge >= 0.3 is 6.03 Å². The van der Waals surface area contributed by atoms with E-state index in [4.69, 9.17) is 25.8 Å². The molecule has 6 nitrogen and oxygen atoms in total. The van der Waals surface area contributed by atoms with Gasteiger partial charge in [0.15, 0.2) is 0 Å². The molecule has 2 heterocycles. The number of hydrogen-bond acceptors (Lipinski definition) is 4. The number of benzene rings is 2. The molecule has 0 aliphatic carbocycles. The number of amides is 2. The zero-order valence-corrected chi connectivity index (χ0v) is 18.6. The molecule has 7 heteroatoms. The van der Waals surface area contributed by atoms with Gasteiger partial charge in [-0.15, -0.1) is 0 Å². The van der Waals surface area contributed by atoms with Gasteiger partial charge in [-0.25, -0.2) is 4.79 Å². The van der Waals surface area contributed by atoms with Gasteiger partial charge in [-0.3, -0.25) is 0 Å². The summed E-state index contributed by atoms with van der Waals surface area (Å²) >= 11 is 6.29. The van der Waals surface area contributed by atoms with Gasteiger partial charge in [0, 0.05) is 48.7 Å². The van der Waals surface area contributed by atoms with Crippen LogP contribution >= 0.6 is 11.6 Å². The van der Waals surface area contributed by atoms with Crippen LogP contribution < -0.4 is 20.1 Å². The molecule has 31 heavy (non-hydrogen) atoms. The van der Waals surface area contributed by atoms with Gasteiger partial charge in [-0.2, -0.15) is 0 Å². The summed E-state index contributed by atoms with van der Waals surface area (Å²) in [5, 5.41) is 6.70. The second kappa shape index (κ2) is 9.79. The second-order valence-electron chi connectivity index (χ2n) is 8.14. The summed E-state index contributed by atoms with van der Waals surface area (Å²) in [6, 6.07) is 11.7. The van der Waals surface area contributed by atoms with Crippen molar-refractivity contribution in [2.75, 3.05) is 40.0 Å². The molecule has 166 valence electrons. The fourth-order valence-corrected chi connectivity index (χ4v) is 4.60. The minimum Gasteiger partial charge on any atom is -0.496 e. The van der Waals surface area contributed by atoms with E-state index in [-0.39, 0.29) is 11.4 Å². The average molecular weight is 445 g/mol. The van der Waals surface area contributed by atoms with Crippen LogP contribution in [0.3, 0.4) is 0 Å². The Balaban J connectivity index is 1.35. The van der Waals surface area contributed by atoms with Gasteiger partial charge in [0.25, 0.3) is 0 Å². The zero-order chi connectivity index (χ0) is 21.7. The molecule has 0 aromatic heterocycles. The molecule has 0 bridgehead atoms. The van der Waals surface area contributed by atoms with Gasteiger partial charge in [0.1, 0.15) is 11.5 Å². The molecular weight excluding hydrogens is 416 g/mol. The van der Waals surface area contributed by atoms with Crippen LogP contribution in [-0.4, -0.2) is 46.1 Å². The predicted molar refractivity (Wildman–Crippen MR) is 120 cm³/mol. The summed E-state index contributed by atoms with van der Waals surface area (Å²) in [6.07, 6.45) is 3.32. The molecule has 2 aromatic carbocycles. The molecule has 0 unspecified atom stereocenters. The third kappa shape index (κ3) is 5.08. The lowest BCUT2D eigenvalue weighted by molar-refractivity contribution is 0.0498. The lowest BCUT2D eigenvalue weighted by Gasteiger charge is -2.38. The minimum atomic E-state index is -0.272. The molecule has 2 aromatic rings. The van der Waals surface area contributed by atoms with Crippen LogP contribution in [0.1, 0.15) is 29.5 Å². The molecular formula is C24H29ClN2O4. The lowest BCUT2D eigenvalue weighted by atomic mass is 9.73. The van der Waals surface area contributed by atoms with E-state index in [0.717, 1.165) is 49.4 Å². The van der Waals surface area contributed by atoms with Crippen molar-refractivity contribution in [3.63, 3.8) is 0 Å². The fourth-order valence-electron chi connectivity index (χ4n) is 4.43. The number of rotatable bonds is 7. The molecule has 1 fully saturated rings. The fraction of sp³-hybridized carbons (Fsp3) is 0.458. The molecule has 2 amide bonds. The number of ether oxygens (including phenoxy) is 3. The standard InChI is InChI=1S/C24H29ClN2O4/c1-29-22-5-3-19(25)15-20(22)24(8-12-30-13-9-24)16-27-23(28)26-10-6-17-2-4-21-18(14-17)7-11-31-21/h2-5,14-15H,6-13,16H2,1H3,(H2,26,27,28). The number of carbonyl (C=O) groups is 1. The summed E-state index contributed by atoms with van der Waals surface area (Å²) in [6.45, 7) is 3.10. The molecule has 2 N–H and O–H groups in total. The summed E-state index contributed by atoms with van der Waals surface area (Å²) in [7, 11) is 1.66. The Morgan fingerprint density at radius 3 is 2.77 bits per heavy atom. The van der Waals surface area contributed by atoms with Crippen molar-refractivity contribution in [3.8, 4) is 11.5 Å². The van der Waals surface area contributed by atoms with E-state index in [1.807, 2.05) is 24.3 Å². The van der Waals surface area contributed by atoms with Crippen molar-refractivity contribution < 1.29 is 19.0 Å². The number of nitrogens with one attached hydrogen (secondary N) is 2. The number of fused-ring (bicyclic) bond motifs is 1. The van der Waals surface area contributed by atoms with Crippen molar-refractivity contribution in [1.82, 2.24) is 10.6 Å². The van der Waals surface area contributed by atoms with Crippen LogP contribution in [0.2, 0.25) is 5.02 Å². The highest BCUT2D eigenvalue weighted by Gasteiger charge is 2.37. The van der Waals surface area contributed by atoms with Gasteiger partial charge in [-0.05, 0) is 54.7 Å². The zero-order valence-electron chi connectivity index (χ0n) is 17.8. The summed E-state index contributed by atoms with van der Waals surface area (Å²) in [5.41, 5.74) is 3.20. The van der Waals surface area contributed by atoms with Crippen molar-refractivity contribution >= 4 is 17.6 Å². The number of carbonyl (C=O) groups excluding carboxylic acids is 1. The maximum Gasteiger partial charge on any atom is 0.314 e. The third-order valence-corrected chi connectivity index (χ3v) is 6.46. The molecule has 0 radical (unpaired) electrons. The predicted octanol–water partition coefficient (Wildman–Crippen LogP) is 3.87. The smallest absolute Gasteiger partial charge is 0.314 e. The summed E-state index contributed by atoms with van der Waals surface area (Å²) in [4.78, 5) is 12.5. The van der Waals surface area contributed by atoms with Crippen molar-refractivity contribution in [1.29, 1.82) is 0 Å². The van der Waals surface area contributed by atoms with Crippen molar-refractivity contribution in [2.45, 2.75) is 31.1 Å². The Labute approximate surface area is 188 Å². The second-order valence-corrected chi connectivity index (χ2v) is 8.57. The van der Waals surface area contributed by atoms with Crippen LogP contribution in [0.4, 0.5) is 4.79 Å². The first-order chi connectivity index (χ1) is 15.1. The molecule has 0 spiro atoms. The van der Waals surface area contributed by atoms with Crippen LogP contribution in [-0.2, 0) is 23.0 Å². The van der Waals surface area contributed by atoms with Crippen molar-refractivity contribution in [3.05, 3.63) is 58.1 Å². The third-order valence-electron chi connectivity index (χ3n) is 6.22. The maximum atomic E-state index is 12.5. The monoisotopic (exact) mass is 444 g/mol. The first-order valence-electron chi connectivity index (χ1n) is 10.8. The normalized spacial score (nSPS) is 16.8. The largest absolute Gasteiger partial charge is 0.496 e. The topological polar surface area (TPSA) is 68.8 Å². The quantitative estimate of drug-likeness (QED) is 0.680. The maximum absolute atomic E-state index is 12.5. The first-order valence-corrected chi connectivity index (χ1v) is 11.2. The number of hydrogen-bond donors (Lipinski definition) is 2. The van der Waals surface area contributed by atoms with Crippen LogP contribution in [0.5, 0.6) is 11.5 Å². The van der Waals surface area contributed by atoms with Gasteiger partial charge in [0.2, 0.25) is 0 Å². The molecule has 2 aliphatic rings. The summed E-state index contributed by atoms with van der Waals surface area (Å²) in [5.74, 6) is 1.77. The molecule has 0 atom stereocenters. The van der Waals surface area contributed by atoms with Crippen molar-refractivity contribution in [2.24, 2.45) is 0 Å². The minimum absolute atomic E-state index is 0.170. The van der Waals surface area contributed by atoms with E-state index < -0.39 is 0 Å². The van der Waals surface area contributed by atoms with E-state index >= 15 is 0 Å². The van der Waals surface area contributed by atoms with Crippen LogP contribution in [0.15, 0.2) is 36.4 Å². The molecule has 0 saturated carbocycles. The van der Waals surface area contributed by atoms with E-state index in [1.165, 1.54) is 11.1 Å². The van der Waals surface area contributed by atoms with Crippen LogP contribution in [0, 0.1) is 0 Å². The van der Waals surface area contributed by atoms with E-state index in [2.05, 4.69) is 22.8 Å². The SMILES string of the molecule is COc1ccc(Cl)cc1C1(CNC(=O)NCCc2ccc3c(c2)CCO3)CCOCC1. The van der Waals surface area contributed by atoms with E-state index in [0.29, 0.717) is 31.3 Å². The molecule has 2 aliphatic heterocycles. The van der Waals surface area contributed by atoms with Crippen LogP contribution in [0.25, 0.3) is 0 Å². The highest BCUT2D eigenvalue weighted by molar-refractivity contribution is 6.30. The Hall–Kier alpha value is -2.44. The number of halogens is 1. The average Bonchev–Trinajstić information content (AvgIpc) is 3.26. The van der Waals surface area contributed by atoms with Gasteiger partial charge in [0.05, 0.1) is 13.7 Å². The number of urea groups is 1. The first kappa shape index (κ1) is 21.8. The highest BCUT2D eigenvalue weighted by atomic mass is 35.5. The number of methoxy groups -OCH3 is 1.